The molecule has 7 nitrogen and oxygen atoms in total. The zero-order valence-electron chi connectivity index (χ0n) is 19.7. The number of hydrogen-bond donors (Lipinski definition) is 1. The first-order valence-corrected chi connectivity index (χ1v) is 11.8. The van der Waals surface area contributed by atoms with Crippen molar-refractivity contribution < 1.29 is 28.9 Å². The molecule has 1 unspecified atom stereocenters. The largest absolute Gasteiger partial charge is 0.507 e. The number of Topliss-reactive ketones (excluding diaryl/α,β-unsaturated/α-hetero) is 1. The lowest BCUT2D eigenvalue weighted by atomic mass is 9.94. The minimum atomic E-state index is -0.954. The highest BCUT2D eigenvalue weighted by Crippen LogP contribution is 2.45. The van der Waals surface area contributed by atoms with Crippen molar-refractivity contribution in [1.82, 2.24) is 0 Å². The Hall–Kier alpha value is -3.68. The van der Waals surface area contributed by atoms with Crippen molar-refractivity contribution in [2.75, 3.05) is 25.7 Å². The van der Waals surface area contributed by atoms with E-state index in [0.717, 1.165) is 0 Å². The molecule has 1 heterocycles. The number of ether oxygens (including phenoxy) is 3. The van der Waals surface area contributed by atoms with E-state index < -0.39 is 23.5 Å². The summed E-state index contributed by atoms with van der Waals surface area (Å²) in [5, 5.41) is 12.0. The van der Waals surface area contributed by atoms with Crippen molar-refractivity contribution in [2.45, 2.75) is 13.0 Å². The molecular weight excluding hydrogens is 505 g/mol. The van der Waals surface area contributed by atoms with Gasteiger partial charge in [0, 0.05) is 16.8 Å². The number of ketones is 1. The van der Waals surface area contributed by atoms with E-state index in [2.05, 4.69) is 0 Å². The van der Waals surface area contributed by atoms with Crippen LogP contribution in [-0.4, -0.2) is 37.6 Å². The SMILES string of the molecule is CCOc1ccc(C2/C(=C(\O)c3cc(Cl)c(OC)cc3OC)C(=O)C(=O)N2c2cccc(Cl)c2)cc1. The maximum absolute atomic E-state index is 13.4. The number of aliphatic hydroxyl groups is 1. The minimum Gasteiger partial charge on any atom is -0.507 e. The fourth-order valence-corrected chi connectivity index (χ4v) is 4.57. The van der Waals surface area contributed by atoms with Crippen LogP contribution in [0.15, 0.2) is 66.2 Å². The summed E-state index contributed by atoms with van der Waals surface area (Å²) in [5.41, 5.74) is 1.01. The van der Waals surface area contributed by atoms with Gasteiger partial charge >= 0.3 is 0 Å². The van der Waals surface area contributed by atoms with Gasteiger partial charge in [-0.05, 0) is 48.9 Å². The summed E-state index contributed by atoms with van der Waals surface area (Å²) in [6.45, 7) is 2.35. The topological polar surface area (TPSA) is 85.3 Å². The molecule has 1 atom stereocenters. The summed E-state index contributed by atoms with van der Waals surface area (Å²) >= 11 is 12.5. The zero-order chi connectivity index (χ0) is 26.0. The van der Waals surface area contributed by atoms with Gasteiger partial charge in [0.2, 0.25) is 0 Å². The van der Waals surface area contributed by atoms with E-state index in [4.69, 9.17) is 37.4 Å². The molecule has 9 heteroatoms. The summed E-state index contributed by atoms with van der Waals surface area (Å²) in [6, 6.07) is 15.5. The van der Waals surface area contributed by atoms with Gasteiger partial charge in [0.05, 0.1) is 43.0 Å². The lowest BCUT2D eigenvalue weighted by Gasteiger charge is -2.26. The van der Waals surface area contributed by atoms with Gasteiger partial charge in [-0.25, -0.2) is 0 Å². The highest BCUT2D eigenvalue weighted by Gasteiger charge is 2.47. The smallest absolute Gasteiger partial charge is 0.300 e. The maximum atomic E-state index is 13.4. The lowest BCUT2D eigenvalue weighted by molar-refractivity contribution is -0.132. The summed E-state index contributed by atoms with van der Waals surface area (Å²) in [5.74, 6) is -0.931. The van der Waals surface area contributed by atoms with Gasteiger partial charge in [-0.15, -0.1) is 0 Å². The number of rotatable bonds is 7. The van der Waals surface area contributed by atoms with Crippen molar-refractivity contribution in [3.8, 4) is 17.2 Å². The van der Waals surface area contributed by atoms with E-state index in [0.29, 0.717) is 34.4 Å². The Kier molecular flexibility index (Phi) is 7.43. The van der Waals surface area contributed by atoms with Crippen LogP contribution in [0.3, 0.4) is 0 Å². The standard InChI is InChI=1S/C27H23Cl2NO6/c1-4-36-18-10-8-15(9-11-18)24-23(25(31)19-13-20(29)22(35-3)14-21(19)34-2)26(32)27(33)30(24)17-7-5-6-16(28)12-17/h5-14,24,31H,4H2,1-3H3/b25-23+. The van der Waals surface area contributed by atoms with Crippen molar-refractivity contribution >= 4 is 46.3 Å². The fraction of sp³-hybridized carbons (Fsp3) is 0.185. The summed E-state index contributed by atoms with van der Waals surface area (Å²) in [6.07, 6.45) is 0. The van der Waals surface area contributed by atoms with E-state index in [1.54, 1.807) is 48.5 Å². The van der Waals surface area contributed by atoms with E-state index in [1.165, 1.54) is 31.3 Å². The second-order valence-corrected chi connectivity index (χ2v) is 8.68. The average Bonchev–Trinajstić information content (AvgIpc) is 3.14. The lowest BCUT2D eigenvalue weighted by Crippen LogP contribution is -2.29. The number of benzene rings is 3. The first-order chi connectivity index (χ1) is 17.3. The maximum Gasteiger partial charge on any atom is 0.300 e. The molecule has 186 valence electrons. The van der Waals surface area contributed by atoms with Gasteiger partial charge < -0.3 is 19.3 Å². The van der Waals surface area contributed by atoms with Crippen LogP contribution in [0.1, 0.15) is 24.1 Å². The van der Waals surface area contributed by atoms with Crippen LogP contribution in [-0.2, 0) is 9.59 Å². The average molecular weight is 528 g/mol. The molecule has 1 aliphatic heterocycles. The van der Waals surface area contributed by atoms with E-state index in [9.17, 15) is 14.7 Å². The van der Waals surface area contributed by atoms with E-state index in [-0.39, 0.29) is 21.9 Å². The molecule has 0 radical (unpaired) electrons. The van der Waals surface area contributed by atoms with E-state index >= 15 is 0 Å². The molecule has 0 spiro atoms. The highest BCUT2D eigenvalue weighted by atomic mass is 35.5. The monoisotopic (exact) mass is 527 g/mol. The highest BCUT2D eigenvalue weighted by molar-refractivity contribution is 6.52. The number of methoxy groups -OCH3 is 2. The molecular formula is C27H23Cl2NO6. The number of hydrogen-bond acceptors (Lipinski definition) is 6. The molecule has 4 rings (SSSR count). The van der Waals surface area contributed by atoms with Crippen LogP contribution in [0.25, 0.3) is 5.76 Å². The second kappa shape index (κ2) is 10.5. The third kappa shape index (κ3) is 4.59. The van der Waals surface area contributed by atoms with Crippen LogP contribution < -0.4 is 19.1 Å². The summed E-state index contributed by atoms with van der Waals surface area (Å²) in [4.78, 5) is 28.0. The minimum absolute atomic E-state index is 0.122. The predicted molar refractivity (Wildman–Crippen MR) is 138 cm³/mol. The molecule has 1 saturated heterocycles. The van der Waals surface area contributed by atoms with Crippen LogP contribution in [0, 0.1) is 0 Å². The predicted octanol–water partition coefficient (Wildman–Crippen LogP) is 6.04. The molecule has 0 bridgehead atoms. The van der Waals surface area contributed by atoms with E-state index in [1.807, 2.05) is 6.92 Å². The Morgan fingerprint density at radius 2 is 1.67 bits per heavy atom. The molecule has 1 amide bonds. The van der Waals surface area contributed by atoms with Gasteiger partial charge in [0.25, 0.3) is 11.7 Å². The number of halogens is 2. The zero-order valence-corrected chi connectivity index (χ0v) is 21.3. The van der Waals surface area contributed by atoms with Gasteiger partial charge in [0.1, 0.15) is 23.0 Å². The Morgan fingerprint density at radius 3 is 2.28 bits per heavy atom. The first-order valence-electron chi connectivity index (χ1n) is 11.0. The van der Waals surface area contributed by atoms with Gasteiger partial charge in [-0.1, -0.05) is 41.4 Å². The molecule has 0 aliphatic carbocycles. The van der Waals surface area contributed by atoms with Crippen molar-refractivity contribution in [3.05, 3.63) is 87.4 Å². The Labute approximate surface area is 218 Å². The van der Waals surface area contributed by atoms with Gasteiger partial charge in [0.15, 0.2) is 0 Å². The molecule has 1 N–H and O–H groups in total. The second-order valence-electron chi connectivity index (χ2n) is 7.84. The molecule has 1 aliphatic rings. The quantitative estimate of drug-likeness (QED) is 0.229. The van der Waals surface area contributed by atoms with Crippen LogP contribution in [0.4, 0.5) is 5.69 Å². The first kappa shape index (κ1) is 25.4. The molecule has 0 saturated carbocycles. The third-order valence-electron chi connectivity index (χ3n) is 5.77. The molecule has 1 fully saturated rings. The normalized spacial score (nSPS) is 16.8. The Morgan fingerprint density at radius 1 is 0.972 bits per heavy atom. The molecule has 0 aromatic heterocycles. The third-order valence-corrected chi connectivity index (χ3v) is 6.30. The van der Waals surface area contributed by atoms with Crippen molar-refractivity contribution in [2.24, 2.45) is 0 Å². The summed E-state index contributed by atoms with van der Waals surface area (Å²) in [7, 11) is 2.86. The molecule has 3 aromatic carbocycles. The number of anilines is 1. The fourth-order valence-electron chi connectivity index (χ4n) is 4.14. The number of carbonyl (C=O) groups is 2. The van der Waals surface area contributed by atoms with Crippen LogP contribution in [0.5, 0.6) is 17.2 Å². The van der Waals surface area contributed by atoms with Gasteiger partial charge in [-0.2, -0.15) is 0 Å². The summed E-state index contributed by atoms with van der Waals surface area (Å²) < 4.78 is 16.2. The Balaban J connectivity index is 1.96. The Bertz CT molecular complexity index is 1350. The van der Waals surface area contributed by atoms with Crippen LogP contribution >= 0.6 is 23.2 Å². The molecule has 3 aromatic rings. The van der Waals surface area contributed by atoms with Crippen molar-refractivity contribution in [1.29, 1.82) is 0 Å². The number of carbonyl (C=O) groups excluding carboxylic acids is 2. The van der Waals surface area contributed by atoms with Crippen molar-refractivity contribution in [3.63, 3.8) is 0 Å². The number of amides is 1. The number of aliphatic hydroxyl groups excluding tert-OH is 1. The van der Waals surface area contributed by atoms with Crippen LogP contribution in [0.2, 0.25) is 10.0 Å². The van der Waals surface area contributed by atoms with Gasteiger partial charge in [-0.3, -0.25) is 14.5 Å². The number of nitrogens with zero attached hydrogens (tertiary/aromatic N) is 1. The molecule has 36 heavy (non-hydrogen) atoms.